The lowest BCUT2D eigenvalue weighted by molar-refractivity contribution is -0.272. The van der Waals surface area contributed by atoms with Crippen molar-refractivity contribution in [2.24, 2.45) is 46.8 Å². The lowest BCUT2D eigenvalue weighted by Gasteiger charge is -2.51. The van der Waals surface area contributed by atoms with E-state index in [2.05, 4.69) is 41.5 Å². The van der Waals surface area contributed by atoms with Gasteiger partial charge >= 0.3 is 0 Å². The lowest BCUT2D eigenvalue weighted by Crippen LogP contribution is -2.48. The van der Waals surface area contributed by atoms with Gasteiger partial charge in [0.25, 0.3) is 0 Å². The van der Waals surface area contributed by atoms with E-state index in [0.29, 0.717) is 29.3 Å². The van der Waals surface area contributed by atoms with Crippen LogP contribution >= 0.6 is 0 Å². The van der Waals surface area contributed by atoms with Gasteiger partial charge in [0.15, 0.2) is 5.79 Å². The van der Waals surface area contributed by atoms with E-state index < -0.39 is 0 Å². The molecular weight excluding hydrogens is 296 g/mol. The van der Waals surface area contributed by atoms with Gasteiger partial charge in [0.05, 0.1) is 12.7 Å². The third-order valence-corrected chi connectivity index (χ3v) is 8.86. The second-order valence-electron chi connectivity index (χ2n) is 10.4. The van der Waals surface area contributed by atoms with E-state index >= 15 is 0 Å². The van der Waals surface area contributed by atoms with Gasteiger partial charge in [-0.2, -0.15) is 0 Å². The molecule has 0 aromatic heterocycles. The van der Waals surface area contributed by atoms with Gasteiger partial charge in [-0.05, 0) is 66.6 Å². The monoisotopic (exact) mass is 338 g/mol. The molecule has 1 spiro atoms. The average Bonchev–Trinajstić information content (AvgIpc) is 2.96. The maximum atomic E-state index is 6.75. The van der Waals surface area contributed by atoms with E-state index in [1.807, 2.05) is 0 Å². The Balaban J connectivity index is 0.00000121. The Labute approximate surface area is 152 Å². The zero-order chi connectivity index (χ0) is 17.3. The Bertz CT molecular complexity index is 489. The molecule has 2 aliphatic carbocycles. The first-order chi connectivity index (χ1) is 11.3. The van der Waals surface area contributed by atoms with E-state index in [-0.39, 0.29) is 8.64 Å². The molecule has 2 aliphatic heterocycles. The van der Waals surface area contributed by atoms with E-state index in [1.54, 1.807) is 0 Å². The molecule has 0 N–H and O–H groups in total. The predicted molar refractivity (Wildman–Crippen MR) is 102 cm³/mol. The Hall–Kier alpha value is -0.0800. The maximum Gasteiger partial charge on any atom is 0.171 e. The van der Waals surface area contributed by atoms with Crippen LogP contribution in [0.5, 0.6) is 0 Å². The molecule has 4 fully saturated rings. The molecule has 0 aromatic carbocycles. The molecule has 2 unspecified atom stereocenters. The topological polar surface area (TPSA) is 18.5 Å². The van der Waals surface area contributed by atoms with Crippen LogP contribution in [0.25, 0.3) is 0 Å². The van der Waals surface area contributed by atoms with Crippen molar-refractivity contribution < 1.29 is 12.3 Å². The van der Waals surface area contributed by atoms with Crippen LogP contribution in [-0.2, 0) is 9.47 Å². The molecule has 2 nitrogen and oxygen atoms in total. The van der Waals surface area contributed by atoms with Crippen molar-refractivity contribution >= 4 is 0 Å². The van der Waals surface area contributed by atoms with Crippen molar-refractivity contribution in [3.8, 4) is 0 Å². The summed E-state index contributed by atoms with van der Waals surface area (Å²) in [7, 11) is 0. The average molecular weight is 339 g/mol. The fourth-order valence-electron chi connectivity index (χ4n) is 7.47. The van der Waals surface area contributed by atoms with E-state index in [9.17, 15) is 0 Å². The molecular formula is C22H42O2. The number of fused-ring (bicyclic) bond motifs is 3. The van der Waals surface area contributed by atoms with Crippen LogP contribution in [0.3, 0.4) is 0 Å². The van der Waals surface area contributed by atoms with Gasteiger partial charge in [-0.25, -0.2) is 0 Å². The van der Waals surface area contributed by atoms with E-state index in [1.165, 1.54) is 25.7 Å². The first-order valence-electron chi connectivity index (χ1n) is 10.6. The molecule has 0 amide bonds. The highest BCUT2D eigenvalue weighted by molar-refractivity contribution is 5.12. The van der Waals surface area contributed by atoms with Crippen LogP contribution in [-0.4, -0.2) is 18.5 Å². The van der Waals surface area contributed by atoms with E-state index in [0.717, 1.165) is 36.7 Å². The molecule has 24 heavy (non-hydrogen) atoms. The fraction of sp³-hybridized carbons (Fsp3) is 1.00. The number of hydrogen-bond donors (Lipinski definition) is 0. The highest BCUT2D eigenvalue weighted by atomic mass is 16.7. The second-order valence-corrected chi connectivity index (χ2v) is 10.4. The van der Waals surface area contributed by atoms with Crippen molar-refractivity contribution in [1.82, 2.24) is 0 Å². The minimum Gasteiger partial charge on any atom is -0.349 e. The van der Waals surface area contributed by atoms with Gasteiger partial charge in [0.2, 0.25) is 0 Å². The van der Waals surface area contributed by atoms with Gasteiger partial charge in [-0.15, -0.1) is 0 Å². The Kier molecular flexibility index (Phi) is 4.12. The summed E-state index contributed by atoms with van der Waals surface area (Å²) in [6, 6.07) is 0. The molecule has 0 radical (unpaired) electrons. The molecule has 2 heterocycles. The summed E-state index contributed by atoms with van der Waals surface area (Å²) >= 11 is 0. The maximum absolute atomic E-state index is 6.75. The summed E-state index contributed by atoms with van der Waals surface area (Å²) in [6.07, 6.45) is 6.88. The van der Waals surface area contributed by atoms with Crippen molar-refractivity contribution in [2.45, 2.75) is 85.5 Å². The summed E-state index contributed by atoms with van der Waals surface area (Å²) in [5.41, 5.74) is 0.463. The van der Waals surface area contributed by atoms with Crippen LogP contribution in [0.4, 0.5) is 0 Å². The highest BCUT2D eigenvalue weighted by Crippen LogP contribution is 2.67. The number of hydrogen-bond acceptors (Lipinski definition) is 2. The lowest BCUT2D eigenvalue weighted by atomic mass is 9.55. The Morgan fingerprint density at radius 2 is 1.83 bits per heavy atom. The van der Waals surface area contributed by atoms with Crippen LogP contribution < -0.4 is 0 Å². The first-order valence-corrected chi connectivity index (χ1v) is 10.6. The van der Waals surface area contributed by atoms with Crippen LogP contribution in [0, 0.1) is 46.8 Å². The normalized spacial score (nSPS) is 57.4. The zero-order valence-corrected chi connectivity index (χ0v) is 16.7. The number of rotatable bonds is 1. The van der Waals surface area contributed by atoms with Gasteiger partial charge < -0.3 is 9.47 Å². The van der Waals surface area contributed by atoms with Crippen LogP contribution in [0.2, 0.25) is 0 Å². The van der Waals surface area contributed by atoms with Gasteiger partial charge in [0.1, 0.15) is 0 Å². The molecule has 0 bridgehead atoms. The fourth-order valence-corrected chi connectivity index (χ4v) is 7.47. The minimum atomic E-state index is -0.256. The summed E-state index contributed by atoms with van der Waals surface area (Å²) < 4.78 is 13.1. The summed E-state index contributed by atoms with van der Waals surface area (Å²) in [6.45, 7) is 15.6. The molecule has 4 aliphatic rings. The van der Waals surface area contributed by atoms with Crippen LogP contribution in [0.1, 0.15) is 76.5 Å². The van der Waals surface area contributed by atoms with Crippen LogP contribution in [0.15, 0.2) is 0 Å². The molecule has 2 saturated carbocycles. The first kappa shape index (κ1) is 17.3. The Morgan fingerprint density at radius 3 is 2.46 bits per heavy atom. The smallest absolute Gasteiger partial charge is 0.171 e. The third kappa shape index (κ3) is 2.28. The van der Waals surface area contributed by atoms with Crippen molar-refractivity contribution in [2.75, 3.05) is 6.61 Å². The van der Waals surface area contributed by atoms with E-state index in [4.69, 9.17) is 9.47 Å². The largest absolute Gasteiger partial charge is 0.349 e. The highest BCUT2D eigenvalue weighted by Gasteiger charge is 2.66. The minimum absolute atomic E-state index is 0. The van der Waals surface area contributed by atoms with Crippen molar-refractivity contribution in [1.29, 1.82) is 0 Å². The zero-order valence-electron chi connectivity index (χ0n) is 16.7. The molecule has 9 atom stereocenters. The van der Waals surface area contributed by atoms with Crippen molar-refractivity contribution in [3.63, 3.8) is 0 Å². The molecule has 142 valence electrons. The summed E-state index contributed by atoms with van der Waals surface area (Å²) in [5, 5.41) is 0. The Morgan fingerprint density at radius 1 is 1.08 bits per heavy atom. The van der Waals surface area contributed by atoms with Gasteiger partial charge in [0, 0.05) is 15.2 Å². The molecule has 0 aromatic rings. The predicted octanol–water partition coefficient (Wildman–Crippen LogP) is 6.00. The van der Waals surface area contributed by atoms with Gasteiger partial charge in [-0.3, -0.25) is 0 Å². The van der Waals surface area contributed by atoms with Gasteiger partial charge in [-0.1, -0.05) is 41.5 Å². The third-order valence-electron chi connectivity index (χ3n) is 8.86. The quantitative estimate of drug-likeness (QED) is 0.583. The molecule has 2 saturated heterocycles. The second kappa shape index (κ2) is 5.71. The number of ether oxygens (including phenoxy) is 2. The summed E-state index contributed by atoms with van der Waals surface area (Å²) in [4.78, 5) is 0. The molecule has 4 rings (SSSR count). The standard InChI is InChI=1S/C22H38O2.2H2/c1-13(2)17-8-9-21(6)18(15(17)4)11-19-20(21)16(5)22(24-19)10-7-14(3)12-23-22;;/h13-20H,7-12H2,1-6H3;2*1H/t14-,15-,16+,17-,18+,19?,20?,21+,22-;;/m1../s1. The summed E-state index contributed by atoms with van der Waals surface area (Å²) in [5.74, 6) is 5.09. The SMILES string of the molecule is CC(C)[C@H]1CC[C@]2(C)C3C(C[C@H]2[C@@H]1C)O[C@]1(CC[C@@H](C)CO1)[C@H]3C.[HH].[HH]. The molecule has 2 heteroatoms. The van der Waals surface area contributed by atoms with Crippen molar-refractivity contribution in [3.05, 3.63) is 0 Å².